The number of carbonyl (C=O) groups is 1. The highest BCUT2D eigenvalue weighted by Crippen LogP contribution is 2.30. The summed E-state index contributed by atoms with van der Waals surface area (Å²) in [5.41, 5.74) is -0.462. The molecule has 0 saturated carbocycles. The average Bonchev–Trinajstić information content (AvgIpc) is 3.16. The lowest BCUT2D eigenvalue weighted by atomic mass is 9.90. The van der Waals surface area contributed by atoms with E-state index in [1.54, 1.807) is 4.90 Å². The highest BCUT2D eigenvalue weighted by Gasteiger charge is 2.38. The number of benzene rings is 1. The standard InChI is InChI=1S/C16H18F3N5O3/c17-16(18,19)27-12-4-1-11(2-5-12)3-6-13(25)24-9-7-15(26,8-10-24)14-20-22-23-21-14/h1-2,4-5,26H,3,6-10H2,(H,20,21,22,23). The topological polar surface area (TPSA) is 104 Å². The van der Waals surface area contributed by atoms with Crippen molar-refractivity contribution in [3.63, 3.8) is 0 Å². The van der Waals surface area contributed by atoms with E-state index < -0.39 is 12.0 Å². The lowest BCUT2D eigenvalue weighted by Gasteiger charge is -2.36. The summed E-state index contributed by atoms with van der Waals surface area (Å²) < 4.78 is 40.2. The van der Waals surface area contributed by atoms with Gasteiger partial charge in [-0.05, 0) is 24.1 Å². The molecule has 1 saturated heterocycles. The number of likely N-dealkylation sites (tertiary alicyclic amines) is 1. The van der Waals surface area contributed by atoms with Crippen molar-refractivity contribution in [2.45, 2.75) is 37.6 Å². The molecule has 0 unspecified atom stereocenters. The van der Waals surface area contributed by atoms with Crippen molar-refractivity contribution in [1.29, 1.82) is 0 Å². The number of aliphatic hydroxyl groups is 1. The number of amides is 1. The van der Waals surface area contributed by atoms with E-state index in [9.17, 15) is 23.1 Å². The van der Waals surface area contributed by atoms with E-state index in [0.29, 0.717) is 32.4 Å². The first-order valence-corrected chi connectivity index (χ1v) is 8.34. The molecule has 2 N–H and O–H groups in total. The minimum Gasteiger partial charge on any atom is -0.406 e. The molecule has 0 aliphatic carbocycles. The Kier molecular flexibility index (Phi) is 5.31. The Labute approximate surface area is 152 Å². The van der Waals surface area contributed by atoms with Crippen molar-refractivity contribution >= 4 is 5.91 Å². The summed E-state index contributed by atoms with van der Waals surface area (Å²) in [5, 5.41) is 23.9. The first kappa shape index (κ1) is 19.1. The molecule has 0 atom stereocenters. The van der Waals surface area contributed by atoms with Crippen LogP contribution in [0.15, 0.2) is 24.3 Å². The zero-order chi connectivity index (χ0) is 19.5. The maximum absolute atomic E-state index is 12.3. The Morgan fingerprint density at radius 3 is 2.48 bits per heavy atom. The van der Waals surface area contributed by atoms with Crippen molar-refractivity contribution in [1.82, 2.24) is 25.5 Å². The molecule has 1 fully saturated rings. The first-order chi connectivity index (χ1) is 12.8. The molecule has 2 heterocycles. The summed E-state index contributed by atoms with van der Waals surface area (Å²) in [6.07, 6.45) is -3.49. The molecule has 1 aromatic carbocycles. The second-order valence-electron chi connectivity index (χ2n) is 6.34. The lowest BCUT2D eigenvalue weighted by molar-refractivity contribution is -0.274. The highest BCUT2D eigenvalue weighted by atomic mass is 19.4. The Morgan fingerprint density at radius 1 is 1.26 bits per heavy atom. The number of hydrogen-bond donors (Lipinski definition) is 2. The minimum absolute atomic E-state index is 0.0826. The molecule has 1 amide bonds. The van der Waals surface area contributed by atoms with Gasteiger partial charge in [-0.3, -0.25) is 4.79 Å². The van der Waals surface area contributed by atoms with Gasteiger partial charge in [-0.2, -0.15) is 5.21 Å². The largest absolute Gasteiger partial charge is 0.573 e. The Balaban J connectivity index is 1.47. The number of aromatic nitrogens is 4. The highest BCUT2D eigenvalue weighted by molar-refractivity contribution is 5.76. The molecule has 3 rings (SSSR count). The summed E-state index contributed by atoms with van der Waals surface area (Å²) in [7, 11) is 0. The molecule has 146 valence electrons. The number of nitrogens with one attached hydrogen (secondary N) is 1. The fraction of sp³-hybridized carbons (Fsp3) is 0.500. The zero-order valence-corrected chi connectivity index (χ0v) is 14.2. The van der Waals surface area contributed by atoms with E-state index in [1.807, 2.05) is 0 Å². The van der Waals surface area contributed by atoms with Crippen LogP contribution in [0, 0.1) is 0 Å². The molecule has 2 aromatic rings. The number of alkyl halides is 3. The Morgan fingerprint density at radius 2 is 1.93 bits per heavy atom. The maximum Gasteiger partial charge on any atom is 0.573 e. The number of nitrogens with zero attached hydrogens (tertiary/aromatic N) is 4. The molecule has 1 aliphatic rings. The van der Waals surface area contributed by atoms with E-state index in [0.717, 1.165) is 5.56 Å². The van der Waals surface area contributed by atoms with Gasteiger partial charge in [0.1, 0.15) is 11.4 Å². The number of rotatable bonds is 5. The Bertz CT molecular complexity index is 757. The van der Waals surface area contributed by atoms with Crippen molar-refractivity contribution < 1.29 is 27.8 Å². The fourth-order valence-corrected chi connectivity index (χ4v) is 2.98. The van der Waals surface area contributed by atoms with Gasteiger partial charge >= 0.3 is 6.36 Å². The predicted molar refractivity (Wildman–Crippen MR) is 85.3 cm³/mol. The van der Waals surface area contributed by atoms with Gasteiger partial charge in [-0.1, -0.05) is 17.3 Å². The second-order valence-corrected chi connectivity index (χ2v) is 6.34. The van der Waals surface area contributed by atoms with Crippen LogP contribution in [-0.4, -0.2) is 56.0 Å². The van der Waals surface area contributed by atoms with Crippen molar-refractivity contribution in [3.8, 4) is 5.75 Å². The van der Waals surface area contributed by atoms with Crippen molar-refractivity contribution in [2.24, 2.45) is 0 Å². The number of aromatic amines is 1. The summed E-state index contributed by atoms with van der Waals surface area (Å²) in [6, 6.07) is 5.44. The van der Waals surface area contributed by atoms with Gasteiger partial charge in [0.2, 0.25) is 11.7 Å². The van der Waals surface area contributed by atoms with E-state index >= 15 is 0 Å². The van der Waals surface area contributed by atoms with Crippen LogP contribution < -0.4 is 4.74 Å². The molecule has 1 aliphatic heterocycles. The number of tetrazole rings is 1. The molecule has 11 heteroatoms. The van der Waals surface area contributed by atoms with Crippen LogP contribution in [0.2, 0.25) is 0 Å². The van der Waals surface area contributed by atoms with E-state index in [4.69, 9.17) is 0 Å². The van der Waals surface area contributed by atoms with Crippen LogP contribution in [0.3, 0.4) is 0 Å². The van der Waals surface area contributed by atoms with Crippen molar-refractivity contribution in [3.05, 3.63) is 35.7 Å². The van der Waals surface area contributed by atoms with Gasteiger partial charge in [0, 0.05) is 32.4 Å². The number of piperidine rings is 1. The van der Waals surface area contributed by atoms with E-state index in [-0.39, 0.29) is 23.9 Å². The third-order valence-corrected chi connectivity index (χ3v) is 4.49. The number of aryl methyl sites for hydroxylation is 1. The van der Waals surface area contributed by atoms with Gasteiger partial charge < -0.3 is 14.7 Å². The summed E-state index contributed by atoms with van der Waals surface area (Å²) >= 11 is 0. The van der Waals surface area contributed by atoms with Gasteiger partial charge in [0.05, 0.1) is 0 Å². The lowest BCUT2D eigenvalue weighted by Crippen LogP contribution is -2.45. The number of ether oxygens (including phenoxy) is 1. The molecule has 1 aromatic heterocycles. The van der Waals surface area contributed by atoms with E-state index in [2.05, 4.69) is 25.4 Å². The van der Waals surface area contributed by atoms with Crippen LogP contribution in [0.25, 0.3) is 0 Å². The maximum atomic E-state index is 12.3. The van der Waals surface area contributed by atoms with Gasteiger partial charge in [-0.25, -0.2) is 0 Å². The van der Waals surface area contributed by atoms with Gasteiger partial charge in [0.15, 0.2) is 0 Å². The molecular weight excluding hydrogens is 367 g/mol. The van der Waals surface area contributed by atoms with Gasteiger partial charge in [0.25, 0.3) is 0 Å². The number of carbonyl (C=O) groups excluding carboxylic acids is 1. The fourth-order valence-electron chi connectivity index (χ4n) is 2.98. The second kappa shape index (κ2) is 7.51. The van der Waals surface area contributed by atoms with E-state index in [1.165, 1.54) is 24.3 Å². The van der Waals surface area contributed by atoms with Crippen LogP contribution >= 0.6 is 0 Å². The average molecular weight is 385 g/mol. The monoisotopic (exact) mass is 385 g/mol. The quantitative estimate of drug-likeness (QED) is 0.809. The molecule has 0 radical (unpaired) electrons. The predicted octanol–water partition coefficient (Wildman–Crippen LogP) is 1.54. The minimum atomic E-state index is -4.73. The van der Waals surface area contributed by atoms with Crippen LogP contribution in [0.1, 0.15) is 30.7 Å². The van der Waals surface area contributed by atoms with Gasteiger partial charge in [-0.15, -0.1) is 23.4 Å². The molecule has 8 nitrogen and oxygen atoms in total. The molecular formula is C16H18F3N5O3. The molecule has 0 spiro atoms. The van der Waals surface area contributed by atoms with Crippen LogP contribution in [0.5, 0.6) is 5.75 Å². The van der Waals surface area contributed by atoms with Crippen LogP contribution in [0.4, 0.5) is 13.2 Å². The molecule has 27 heavy (non-hydrogen) atoms. The number of hydrogen-bond acceptors (Lipinski definition) is 6. The normalized spacial score (nSPS) is 17.0. The SMILES string of the molecule is O=C(CCc1ccc(OC(F)(F)F)cc1)N1CCC(O)(c2nn[nH]n2)CC1. The number of halogens is 3. The smallest absolute Gasteiger partial charge is 0.406 e. The summed E-state index contributed by atoms with van der Waals surface area (Å²) in [4.78, 5) is 14.0. The number of H-pyrrole nitrogens is 1. The summed E-state index contributed by atoms with van der Waals surface area (Å²) in [5.74, 6) is -0.161. The third-order valence-electron chi connectivity index (χ3n) is 4.49. The zero-order valence-electron chi connectivity index (χ0n) is 14.2. The third kappa shape index (κ3) is 4.94. The first-order valence-electron chi connectivity index (χ1n) is 8.34. The van der Waals surface area contributed by atoms with Crippen LogP contribution in [-0.2, 0) is 16.8 Å². The Hall–Kier alpha value is -2.69. The van der Waals surface area contributed by atoms with Crippen molar-refractivity contribution in [2.75, 3.05) is 13.1 Å². The molecule has 0 bridgehead atoms. The summed E-state index contributed by atoms with van der Waals surface area (Å²) in [6.45, 7) is 0.727.